The minimum atomic E-state index is -0.740. The number of hydrogen-bond donors (Lipinski definition) is 3. The van der Waals surface area contributed by atoms with E-state index in [-0.39, 0.29) is 11.3 Å². The summed E-state index contributed by atoms with van der Waals surface area (Å²) < 4.78 is 0. The standard InChI is InChI=1S/C20H40N4O2/c1-6-11-20(26,12-7-2)16-23-18(21-8-3)22-15-19(13-9-10-14-19)17(25)24(4)5/h26H,6-16H2,1-5H3,(H2,21,22,23). The molecule has 0 atom stereocenters. The van der Waals surface area contributed by atoms with Crippen LogP contribution in [0, 0.1) is 5.41 Å². The van der Waals surface area contributed by atoms with Gasteiger partial charge in [0.15, 0.2) is 5.96 Å². The van der Waals surface area contributed by atoms with E-state index in [9.17, 15) is 9.90 Å². The fourth-order valence-corrected chi connectivity index (χ4v) is 4.03. The molecule has 0 bridgehead atoms. The average molecular weight is 369 g/mol. The summed E-state index contributed by atoms with van der Waals surface area (Å²) in [6.45, 7) is 7.93. The maximum Gasteiger partial charge on any atom is 0.230 e. The number of nitrogens with zero attached hydrogens (tertiary/aromatic N) is 2. The average Bonchev–Trinajstić information content (AvgIpc) is 3.07. The lowest BCUT2D eigenvalue weighted by Gasteiger charge is -2.31. The van der Waals surface area contributed by atoms with Crippen LogP contribution >= 0.6 is 0 Å². The third kappa shape index (κ3) is 6.45. The van der Waals surface area contributed by atoms with Crippen molar-refractivity contribution in [2.45, 2.75) is 77.7 Å². The largest absolute Gasteiger partial charge is 0.388 e. The molecule has 1 aliphatic carbocycles. The van der Waals surface area contributed by atoms with E-state index in [0.717, 1.165) is 57.9 Å². The molecule has 152 valence electrons. The molecular formula is C20H40N4O2. The van der Waals surface area contributed by atoms with Crippen molar-refractivity contribution in [3.05, 3.63) is 0 Å². The van der Waals surface area contributed by atoms with Crippen molar-refractivity contribution in [3.8, 4) is 0 Å². The Bertz CT molecular complexity index is 451. The molecule has 0 heterocycles. The molecule has 0 radical (unpaired) electrons. The smallest absolute Gasteiger partial charge is 0.230 e. The van der Waals surface area contributed by atoms with E-state index in [1.807, 2.05) is 21.0 Å². The van der Waals surface area contributed by atoms with E-state index < -0.39 is 5.60 Å². The van der Waals surface area contributed by atoms with Gasteiger partial charge in [-0.05, 0) is 32.6 Å². The highest BCUT2D eigenvalue weighted by atomic mass is 16.3. The zero-order valence-electron chi connectivity index (χ0n) is 17.5. The second-order valence-electron chi connectivity index (χ2n) is 7.96. The molecule has 26 heavy (non-hydrogen) atoms. The van der Waals surface area contributed by atoms with Crippen LogP contribution in [0.1, 0.15) is 72.1 Å². The number of rotatable bonds is 10. The highest BCUT2D eigenvalue weighted by Crippen LogP contribution is 2.38. The third-order valence-corrected chi connectivity index (χ3v) is 5.32. The molecule has 0 spiro atoms. The second kappa shape index (κ2) is 10.8. The Labute approximate surface area is 159 Å². The van der Waals surface area contributed by atoms with Crippen molar-refractivity contribution in [2.24, 2.45) is 10.4 Å². The predicted molar refractivity (Wildman–Crippen MR) is 108 cm³/mol. The van der Waals surface area contributed by atoms with Gasteiger partial charge in [0, 0.05) is 27.2 Å². The summed E-state index contributed by atoms with van der Waals surface area (Å²) in [5, 5.41) is 17.4. The van der Waals surface area contributed by atoms with Crippen LogP contribution < -0.4 is 10.6 Å². The van der Waals surface area contributed by atoms with Gasteiger partial charge in [-0.3, -0.25) is 9.79 Å². The third-order valence-electron chi connectivity index (χ3n) is 5.32. The van der Waals surface area contributed by atoms with Gasteiger partial charge in [0.1, 0.15) is 0 Å². The van der Waals surface area contributed by atoms with Crippen LogP contribution in [-0.4, -0.2) is 61.2 Å². The number of aliphatic hydroxyl groups is 1. The molecule has 0 aromatic rings. The molecule has 0 saturated heterocycles. The van der Waals surface area contributed by atoms with Crippen LogP contribution in [0.3, 0.4) is 0 Å². The number of guanidine groups is 1. The Morgan fingerprint density at radius 3 is 2.15 bits per heavy atom. The van der Waals surface area contributed by atoms with Crippen LogP contribution in [0.2, 0.25) is 0 Å². The molecule has 1 rings (SSSR count). The molecule has 0 aliphatic heterocycles. The molecule has 1 aliphatic rings. The summed E-state index contributed by atoms with van der Waals surface area (Å²) in [4.78, 5) is 19.1. The summed E-state index contributed by atoms with van der Waals surface area (Å²) in [7, 11) is 3.66. The molecule has 6 heteroatoms. The summed E-state index contributed by atoms with van der Waals surface area (Å²) >= 11 is 0. The lowest BCUT2D eigenvalue weighted by atomic mass is 9.84. The van der Waals surface area contributed by atoms with Crippen molar-refractivity contribution >= 4 is 11.9 Å². The lowest BCUT2D eigenvalue weighted by molar-refractivity contribution is -0.138. The minimum Gasteiger partial charge on any atom is -0.388 e. The van der Waals surface area contributed by atoms with Crippen molar-refractivity contribution in [1.82, 2.24) is 15.5 Å². The van der Waals surface area contributed by atoms with Crippen molar-refractivity contribution in [3.63, 3.8) is 0 Å². The van der Waals surface area contributed by atoms with Crippen LogP contribution in [0.4, 0.5) is 0 Å². The van der Waals surface area contributed by atoms with Crippen LogP contribution in [-0.2, 0) is 4.79 Å². The Hall–Kier alpha value is -1.30. The number of aliphatic imine (C=N–C) groups is 1. The zero-order valence-corrected chi connectivity index (χ0v) is 17.5. The first kappa shape index (κ1) is 22.7. The fourth-order valence-electron chi connectivity index (χ4n) is 4.03. The minimum absolute atomic E-state index is 0.201. The highest BCUT2D eigenvalue weighted by Gasteiger charge is 2.42. The van der Waals surface area contributed by atoms with E-state index in [1.54, 1.807) is 4.90 Å². The van der Waals surface area contributed by atoms with Gasteiger partial charge in [-0.2, -0.15) is 0 Å². The molecule has 0 unspecified atom stereocenters. The van der Waals surface area contributed by atoms with E-state index in [1.165, 1.54) is 0 Å². The first-order valence-electron chi connectivity index (χ1n) is 10.3. The molecule has 1 saturated carbocycles. The summed E-state index contributed by atoms with van der Waals surface area (Å²) in [6, 6.07) is 0. The van der Waals surface area contributed by atoms with E-state index in [4.69, 9.17) is 0 Å². The van der Waals surface area contributed by atoms with Gasteiger partial charge in [0.05, 0.1) is 17.6 Å². The van der Waals surface area contributed by atoms with E-state index in [0.29, 0.717) is 19.0 Å². The Morgan fingerprint density at radius 1 is 1.12 bits per heavy atom. The van der Waals surface area contributed by atoms with Crippen molar-refractivity contribution in [2.75, 3.05) is 33.7 Å². The quantitative estimate of drug-likeness (QED) is 0.409. The first-order valence-corrected chi connectivity index (χ1v) is 10.3. The highest BCUT2D eigenvalue weighted by molar-refractivity contribution is 5.85. The zero-order chi connectivity index (χ0) is 19.6. The Morgan fingerprint density at radius 2 is 1.69 bits per heavy atom. The Balaban J connectivity index is 2.81. The van der Waals surface area contributed by atoms with Crippen LogP contribution in [0.15, 0.2) is 4.99 Å². The summed E-state index contributed by atoms with van der Waals surface area (Å²) in [6.07, 6.45) is 7.44. The fraction of sp³-hybridized carbons (Fsp3) is 0.900. The van der Waals surface area contributed by atoms with Crippen molar-refractivity contribution in [1.29, 1.82) is 0 Å². The number of hydrogen-bond acceptors (Lipinski definition) is 3. The predicted octanol–water partition coefficient (Wildman–Crippen LogP) is 2.52. The molecule has 1 fully saturated rings. The van der Waals surface area contributed by atoms with Gasteiger partial charge < -0.3 is 20.6 Å². The van der Waals surface area contributed by atoms with Gasteiger partial charge in [0.2, 0.25) is 5.91 Å². The Kier molecular flexibility index (Phi) is 9.41. The summed E-state index contributed by atoms with van der Waals surface area (Å²) in [5.41, 5.74) is -1.07. The van der Waals surface area contributed by atoms with Gasteiger partial charge in [-0.15, -0.1) is 0 Å². The van der Waals surface area contributed by atoms with Gasteiger partial charge in [-0.1, -0.05) is 39.5 Å². The van der Waals surface area contributed by atoms with Gasteiger partial charge in [0.25, 0.3) is 0 Å². The molecule has 3 N–H and O–H groups in total. The number of amides is 1. The SMILES string of the molecule is CCCC(O)(CCC)CN=C(NCC)NCC1(C(=O)N(C)C)CCCC1. The first-order chi connectivity index (χ1) is 12.3. The molecule has 6 nitrogen and oxygen atoms in total. The van der Waals surface area contributed by atoms with E-state index in [2.05, 4.69) is 29.5 Å². The lowest BCUT2D eigenvalue weighted by Crippen LogP contribution is -2.49. The maximum absolute atomic E-state index is 12.7. The monoisotopic (exact) mass is 368 g/mol. The second-order valence-corrected chi connectivity index (χ2v) is 7.96. The van der Waals surface area contributed by atoms with Gasteiger partial charge in [-0.25, -0.2) is 0 Å². The number of nitrogens with one attached hydrogen (secondary N) is 2. The van der Waals surface area contributed by atoms with Gasteiger partial charge >= 0.3 is 0 Å². The van der Waals surface area contributed by atoms with E-state index >= 15 is 0 Å². The molecule has 1 amide bonds. The van der Waals surface area contributed by atoms with Crippen molar-refractivity contribution < 1.29 is 9.90 Å². The maximum atomic E-state index is 12.7. The molecule has 0 aromatic carbocycles. The molecule has 0 aromatic heterocycles. The van der Waals surface area contributed by atoms with Crippen LogP contribution in [0.25, 0.3) is 0 Å². The topological polar surface area (TPSA) is 77.0 Å². The molecular weight excluding hydrogens is 328 g/mol. The number of carbonyl (C=O) groups excluding carboxylic acids is 1. The summed E-state index contributed by atoms with van der Waals surface area (Å²) in [5.74, 6) is 0.891. The normalized spacial score (nSPS) is 17.2. The number of carbonyl (C=O) groups is 1. The van der Waals surface area contributed by atoms with Crippen LogP contribution in [0.5, 0.6) is 0 Å².